The molecule has 0 aliphatic heterocycles. The van der Waals surface area contributed by atoms with Gasteiger partial charge in [-0.15, -0.1) is 0 Å². The molecule has 96 valence electrons. The predicted molar refractivity (Wildman–Crippen MR) is 97.1 cm³/mol. The van der Waals surface area contributed by atoms with E-state index < -0.39 is 19.1 Å². The van der Waals surface area contributed by atoms with Gasteiger partial charge in [0.1, 0.15) is 0 Å². The van der Waals surface area contributed by atoms with Crippen LogP contribution in [-0.2, 0) is 0 Å². The fourth-order valence-corrected chi connectivity index (χ4v) is 9.82. The van der Waals surface area contributed by atoms with E-state index in [-0.39, 0.29) is 0 Å². The molecule has 4 rings (SSSR count). The van der Waals surface area contributed by atoms with Crippen LogP contribution in [0.5, 0.6) is 0 Å². The van der Waals surface area contributed by atoms with Crippen LogP contribution in [0.2, 0.25) is 0 Å². The number of hydrogen-bond donors (Lipinski definition) is 0. The summed E-state index contributed by atoms with van der Waals surface area (Å²) in [5.74, 6) is 0. The van der Waals surface area contributed by atoms with Crippen molar-refractivity contribution in [1.29, 1.82) is 0 Å². The fraction of sp³-hybridized carbons (Fsp3) is 0. The molecule has 0 fully saturated rings. The van der Waals surface area contributed by atoms with Gasteiger partial charge in [-0.2, -0.15) is 0 Å². The first-order valence-corrected chi connectivity index (χ1v) is 11.1. The van der Waals surface area contributed by atoms with Crippen molar-refractivity contribution >= 4 is 59.2 Å². The van der Waals surface area contributed by atoms with Crippen LogP contribution in [0.1, 0.15) is 0 Å². The molecule has 0 aliphatic carbocycles. The van der Waals surface area contributed by atoms with Crippen LogP contribution in [0.3, 0.4) is 0 Å². The summed E-state index contributed by atoms with van der Waals surface area (Å²) >= 11 is 0.754. The Morgan fingerprint density at radius 1 is 0.600 bits per heavy atom. The monoisotopic (exact) mass is 485 g/mol. The minimum atomic E-state index is -1.62. The van der Waals surface area contributed by atoms with Crippen molar-refractivity contribution in [2.24, 2.45) is 0 Å². The summed E-state index contributed by atoms with van der Waals surface area (Å²) in [6.07, 6.45) is 0. The van der Waals surface area contributed by atoms with E-state index in [1.54, 1.807) is 10.4 Å². The van der Waals surface area contributed by atoms with E-state index in [0.29, 0.717) is 0 Å². The van der Waals surface area contributed by atoms with Crippen LogP contribution in [0.15, 0.2) is 72.8 Å². The summed E-state index contributed by atoms with van der Waals surface area (Å²) in [6.45, 7) is 0. The molecule has 0 bridgehead atoms. The average molecular weight is 483 g/mol. The van der Waals surface area contributed by atoms with E-state index in [1.807, 2.05) is 0 Å². The van der Waals surface area contributed by atoms with Crippen molar-refractivity contribution in [3.05, 3.63) is 76.4 Å². The van der Waals surface area contributed by atoms with Gasteiger partial charge in [0.15, 0.2) is 0 Å². The number of hydrogen-bond acceptors (Lipinski definition) is 0. The van der Waals surface area contributed by atoms with Gasteiger partial charge in [0, 0.05) is 0 Å². The van der Waals surface area contributed by atoms with Gasteiger partial charge < -0.3 is 0 Å². The Morgan fingerprint density at radius 2 is 1.10 bits per heavy atom. The van der Waals surface area contributed by atoms with Gasteiger partial charge in [-0.3, -0.25) is 0 Å². The molecule has 0 aliphatic rings. The summed E-state index contributed by atoms with van der Waals surface area (Å²) in [6, 6.07) is 27.1. The number of benzene rings is 3. The van der Waals surface area contributed by atoms with E-state index in [1.165, 1.54) is 14.3 Å². The van der Waals surface area contributed by atoms with Gasteiger partial charge in [-0.05, 0) is 0 Å². The number of halogens is 1. The third-order valence-electron chi connectivity index (χ3n) is 3.55. The Hall–Kier alpha value is -0.820. The Kier molecular flexibility index (Phi) is 3.34. The molecule has 0 amide bonds. The summed E-state index contributed by atoms with van der Waals surface area (Å²) in [5, 5.41) is 2.91. The quantitative estimate of drug-likeness (QED) is 0.254. The third-order valence-corrected chi connectivity index (χ3v) is 10.9. The van der Waals surface area contributed by atoms with Crippen LogP contribution >= 0.6 is 22.6 Å². The van der Waals surface area contributed by atoms with Crippen molar-refractivity contribution < 1.29 is 0 Å². The molecule has 0 nitrogen and oxygen atoms in total. The minimum absolute atomic E-state index is 1.31. The summed E-state index contributed by atoms with van der Waals surface area (Å²) in [5.41, 5.74) is 0. The molecule has 0 spiro atoms. The Morgan fingerprint density at radius 3 is 1.65 bits per heavy atom. The van der Waals surface area contributed by atoms with Crippen LogP contribution in [0.4, 0.5) is 0 Å². The first kappa shape index (κ1) is 12.9. The second-order valence-electron chi connectivity index (χ2n) is 4.75. The molecule has 1 heterocycles. The van der Waals surface area contributed by atoms with Gasteiger partial charge in [0.25, 0.3) is 0 Å². The molecule has 0 unspecified atom stereocenters. The maximum atomic E-state index is 2.38. The van der Waals surface area contributed by atoms with Crippen LogP contribution in [0.25, 0.3) is 21.2 Å². The summed E-state index contributed by atoms with van der Waals surface area (Å²) in [4.78, 5) is 0. The molecule has 0 radical (unpaired) electrons. The Bertz CT molecular complexity index is 850. The molecule has 1 aromatic heterocycles. The molecule has 0 saturated carbocycles. The summed E-state index contributed by atoms with van der Waals surface area (Å²) in [7, 11) is 0. The van der Waals surface area contributed by atoms with Crippen molar-refractivity contribution in [3.63, 3.8) is 0 Å². The molecule has 4 aromatic rings. The first-order chi connectivity index (χ1) is 9.84. The van der Waals surface area contributed by atoms with Crippen LogP contribution in [0, 0.1) is 3.57 Å². The van der Waals surface area contributed by atoms with Gasteiger partial charge in [-0.25, -0.2) is 0 Å². The average Bonchev–Trinajstić information content (AvgIpc) is 2.83. The molecule has 20 heavy (non-hydrogen) atoms. The molecular weight excluding hydrogens is 471 g/mol. The van der Waals surface area contributed by atoms with Crippen LogP contribution in [-0.4, -0.2) is 19.1 Å². The SMILES string of the molecule is Ic1ccc(-[te+]2c3ccccc3c3ccccc32)cc1. The van der Waals surface area contributed by atoms with Gasteiger partial charge in [-0.1, -0.05) is 0 Å². The van der Waals surface area contributed by atoms with Crippen molar-refractivity contribution in [2.45, 2.75) is 0 Å². The second-order valence-corrected chi connectivity index (χ2v) is 11.6. The topological polar surface area (TPSA) is 0 Å². The Balaban J connectivity index is 2.17. The standard InChI is InChI=1S/C18H12ITe/c19-13-9-11-14(12-10-13)20-17-7-3-1-5-15(17)16-6-2-4-8-18(16)20/h1-12H/q+1. The Labute approximate surface area is 138 Å². The molecule has 0 saturated heterocycles. The van der Waals surface area contributed by atoms with Gasteiger partial charge in [0.05, 0.1) is 0 Å². The van der Waals surface area contributed by atoms with Crippen LogP contribution < -0.4 is 0 Å². The summed E-state index contributed by atoms with van der Waals surface area (Å²) < 4.78 is 6.05. The van der Waals surface area contributed by atoms with Gasteiger partial charge in [0.2, 0.25) is 0 Å². The predicted octanol–water partition coefficient (Wildman–Crippen LogP) is 5.33. The zero-order valence-electron chi connectivity index (χ0n) is 10.7. The molecule has 2 heteroatoms. The van der Waals surface area contributed by atoms with E-state index in [0.717, 1.165) is 0 Å². The van der Waals surface area contributed by atoms with Crippen molar-refractivity contribution in [3.8, 4) is 3.61 Å². The van der Waals surface area contributed by atoms with Crippen molar-refractivity contribution in [1.82, 2.24) is 0 Å². The maximum absolute atomic E-state index is 2.38. The fourth-order valence-electron chi connectivity index (χ4n) is 2.68. The van der Waals surface area contributed by atoms with E-state index in [9.17, 15) is 0 Å². The van der Waals surface area contributed by atoms with Crippen molar-refractivity contribution in [2.75, 3.05) is 0 Å². The zero-order chi connectivity index (χ0) is 13.5. The zero-order valence-corrected chi connectivity index (χ0v) is 15.2. The molecular formula is C18H12ITe+. The third kappa shape index (κ3) is 2.02. The second kappa shape index (κ2) is 5.18. The molecule has 0 atom stereocenters. The molecule has 0 N–H and O–H groups in total. The van der Waals surface area contributed by atoms with Gasteiger partial charge >= 0.3 is 139 Å². The normalized spacial score (nSPS) is 11.2. The van der Waals surface area contributed by atoms with E-state index in [2.05, 4.69) is 95.4 Å². The van der Waals surface area contributed by atoms with E-state index >= 15 is 0 Å². The van der Waals surface area contributed by atoms with E-state index in [4.69, 9.17) is 0 Å². The molecule has 3 aromatic carbocycles. The number of rotatable bonds is 1. The number of fused-ring (bicyclic) bond motifs is 3. The first-order valence-electron chi connectivity index (χ1n) is 6.53.